The summed E-state index contributed by atoms with van der Waals surface area (Å²) in [6, 6.07) is 2.21. The normalized spacial score (nSPS) is 15.4. The highest BCUT2D eigenvalue weighted by atomic mass is 79.9. The van der Waals surface area contributed by atoms with E-state index >= 15 is 0 Å². The monoisotopic (exact) mass is 253 g/mol. The van der Waals surface area contributed by atoms with E-state index in [4.69, 9.17) is 0 Å². The number of rotatable bonds is 0. The van der Waals surface area contributed by atoms with Gasteiger partial charge in [-0.3, -0.25) is 0 Å². The summed E-state index contributed by atoms with van der Waals surface area (Å²) in [4.78, 5) is 1.55. The van der Waals surface area contributed by atoms with Crippen LogP contribution in [-0.4, -0.2) is 6.54 Å². The minimum Gasteiger partial charge on any atom is -0.312 e. The van der Waals surface area contributed by atoms with E-state index < -0.39 is 0 Å². The molecule has 1 aliphatic heterocycles. The first kappa shape index (κ1) is 9.52. The third kappa shape index (κ3) is 1.96. The van der Waals surface area contributed by atoms with Gasteiger partial charge in [0.2, 0.25) is 0 Å². The Morgan fingerprint density at radius 2 is 2.36 bits per heavy atom. The zero-order chi connectivity index (χ0) is 6.97. The maximum atomic E-state index is 3.48. The fourth-order valence-corrected chi connectivity index (χ4v) is 2.98. The van der Waals surface area contributed by atoms with Crippen LogP contribution >= 0.6 is 39.7 Å². The van der Waals surface area contributed by atoms with Crippen molar-refractivity contribution in [3.63, 3.8) is 0 Å². The number of thiophene rings is 1. The number of hydrogen-bond donors (Lipinski definition) is 1. The molecule has 0 saturated heterocycles. The van der Waals surface area contributed by atoms with Gasteiger partial charge in [-0.1, -0.05) is 0 Å². The van der Waals surface area contributed by atoms with Gasteiger partial charge >= 0.3 is 0 Å². The molecule has 62 valence electrons. The topological polar surface area (TPSA) is 12.0 Å². The zero-order valence-corrected chi connectivity index (χ0v) is 9.11. The highest BCUT2D eigenvalue weighted by Crippen LogP contribution is 2.28. The molecule has 2 rings (SSSR count). The van der Waals surface area contributed by atoms with Crippen LogP contribution in [0.25, 0.3) is 0 Å². The van der Waals surface area contributed by atoms with E-state index in [1.54, 1.807) is 4.88 Å². The van der Waals surface area contributed by atoms with E-state index in [-0.39, 0.29) is 12.4 Å². The van der Waals surface area contributed by atoms with Crippen molar-refractivity contribution in [1.29, 1.82) is 0 Å². The van der Waals surface area contributed by atoms with Crippen LogP contribution in [0.4, 0.5) is 0 Å². The average molecular weight is 255 g/mol. The van der Waals surface area contributed by atoms with Crippen molar-refractivity contribution in [1.82, 2.24) is 5.32 Å². The Hall–Kier alpha value is 0.430. The highest BCUT2D eigenvalue weighted by Gasteiger charge is 2.10. The Morgan fingerprint density at radius 3 is 3.09 bits per heavy atom. The van der Waals surface area contributed by atoms with Crippen molar-refractivity contribution in [2.24, 2.45) is 0 Å². The van der Waals surface area contributed by atoms with Gasteiger partial charge in [0.05, 0.1) is 3.79 Å². The van der Waals surface area contributed by atoms with Crippen molar-refractivity contribution in [2.45, 2.75) is 13.0 Å². The number of hydrogen-bond acceptors (Lipinski definition) is 2. The molecule has 0 amide bonds. The molecule has 0 atom stereocenters. The molecule has 0 fully saturated rings. The summed E-state index contributed by atoms with van der Waals surface area (Å²) in [7, 11) is 0. The van der Waals surface area contributed by atoms with Gasteiger partial charge in [-0.2, -0.15) is 0 Å². The zero-order valence-electron chi connectivity index (χ0n) is 5.89. The molecule has 1 aromatic heterocycles. The predicted molar refractivity (Wildman–Crippen MR) is 54.7 cm³/mol. The van der Waals surface area contributed by atoms with Gasteiger partial charge in [0, 0.05) is 18.0 Å². The lowest BCUT2D eigenvalue weighted by Gasteiger charge is -2.10. The predicted octanol–water partition coefficient (Wildman–Crippen LogP) is 2.58. The van der Waals surface area contributed by atoms with Gasteiger partial charge in [0.1, 0.15) is 0 Å². The van der Waals surface area contributed by atoms with Crippen LogP contribution in [0.1, 0.15) is 10.4 Å². The van der Waals surface area contributed by atoms with Gasteiger partial charge in [-0.05, 0) is 34.0 Å². The molecular formula is C7H9BrClNS. The van der Waals surface area contributed by atoms with Crippen LogP contribution in [0.3, 0.4) is 0 Å². The fraction of sp³-hybridized carbons (Fsp3) is 0.429. The third-order valence-corrected chi connectivity index (χ3v) is 3.45. The summed E-state index contributed by atoms with van der Waals surface area (Å²) < 4.78 is 1.27. The van der Waals surface area contributed by atoms with Crippen molar-refractivity contribution in [2.75, 3.05) is 6.54 Å². The molecule has 0 aromatic carbocycles. The lowest BCUT2D eigenvalue weighted by molar-refractivity contribution is 0.653. The second kappa shape index (κ2) is 3.90. The molecule has 0 saturated carbocycles. The van der Waals surface area contributed by atoms with Gasteiger partial charge in [0.25, 0.3) is 0 Å². The van der Waals surface area contributed by atoms with Crippen molar-refractivity contribution >= 4 is 39.7 Å². The second-order valence-corrected chi connectivity index (χ2v) is 4.94. The lowest BCUT2D eigenvalue weighted by Crippen LogP contribution is -2.21. The smallest absolute Gasteiger partial charge is 0.0704 e. The van der Waals surface area contributed by atoms with E-state index in [9.17, 15) is 0 Å². The van der Waals surface area contributed by atoms with Gasteiger partial charge in [0.15, 0.2) is 0 Å². The van der Waals surface area contributed by atoms with Crippen molar-refractivity contribution < 1.29 is 0 Å². The van der Waals surface area contributed by atoms with Crippen LogP contribution < -0.4 is 5.32 Å². The molecule has 0 unspecified atom stereocenters. The summed E-state index contributed by atoms with van der Waals surface area (Å²) in [5.74, 6) is 0. The molecule has 0 bridgehead atoms. The number of nitrogens with one attached hydrogen (secondary N) is 1. The van der Waals surface area contributed by atoms with E-state index in [0.717, 1.165) is 13.1 Å². The Labute approximate surface area is 84.7 Å². The molecule has 2 heterocycles. The molecule has 0 spiro atoms. The third-order valence-electron chi connectivity index (χ3n) is 1.71. The maximum absolute atomic E-state index is 3.48. The summed E-state index contributed by atoms with van der Waals surface area (Å²) in [6.07, 6.45) is 1.20. The Kier molecular flexibility index (Phi) is 3.37. The molecular weight excluding hydrogens is 246 g/mol. The fourth-order valence-electron chi connectivity index (χ4n) is 1.22. The molecule has 1 nitrogen and oxygen atoms in total. The maximum Gasteiger partial charge on any atom is 0.0704 e. The van der Waals surface area contributed by atoms with E-state index in [2.05, 4.69) is 27.3 Å². The molecule has 0 radical (unpaired) electrons. The standard InChI is InChI=1S/C7H8BrNS.ClH/c8-7-3-5-4-9-2-1-6(5)10-7;/h3,9H,1-2,4H2;1H. The molecule has 0 aliphatic carbocycles. The number of halogens is 2. The Morgan fingerprint density at radius 1 is 1.55 bits per heavy atom. The SMILES string of the molecule is Brc1cc2c(s1)CCNC2.Cl. The summed E-state index contributed by atoms with van der Waals surface area (Å²) in [5.41, 5.74) is 1.48. The van der Waals surface area contributed by atoms with Crippen LogP contribution in [0, 0.1) is 0 Å². The lowest BCUT2D eigenvalue weighted by atomic mass is 10.1. The largest absolute Gasteiger partial charge is 0.312 e. The first-order valence-corrected chi connectivity index (χ1v) is 4.95. The number of fused-ring (bicyclic) bond motifs is 1. The molecule has 4 heteroatoms. The van der Waals surface area contributed by atoms with Gasteiger partial charge < -0.3 is 5.32 Å². The van der Waals surface area contributed by atoms with Gasteiger partial charge in [-0.25, -0.2) is 0 Å². The molecule has 1 N–H and O–H groups in total. The summed E-state index contributed by atoms with van der Waals surface area (Å²) in [5, 5.41) is 3.34. The van der Waals surface area contributed by atoms with Crippen LogP contribution in [0.2, 0.25) is 0 Å². The Bertz CT molecular complexity index is 225. The molecule has 1 aliphatic rings. The first-order valence-electron chi connectivity index (χ1n) is 3.34. The van der Waals surface area contributed by atoms with E-state index in [1.807, 2.05) is 11.3 Å². The molecule has 11 heavy (non-hydrogen) atoms. The summed E-state index contributed by atoms with van der Waals surface area (Å²) >= 11 is 5.35. The van der Waals surface area contributed by atoms with E-state index in [0.29, 0.717) is 0 Å². The van der Waals surface area contributed by atoms with Gasteiger partial charge in [-0.15, -0.1) is 23.7 Å². The van der Waals surface area contributed by atoms with Crippen LogP contribution in [0.15, 0.2) is 9.85 Å². The molecule has 1 aromatic rings. The van der Waals surface area contributed by atoms with Crippen LogP contribution in [-0.2, 0) is 13.0 Å². The average Bonchev–Trinajstić information content (AvgIpc) is 2.27. The summed E-state index contributed by atoms with van der Waals surface area (Å²) in [6.45, 7) is 2.19. The first-order chi connectivity index (χ1) is 4.86. The van der Waals surface area contributed by atoms with Crippen LogP contribution in [0.5, 0.6) is 0 Å². The minimum atomic E-state index is 0. The minimum absolute atomic E-state index is 0. The van der Waals surface area contributed by atoms with Crippen molar-refractivity contribution in [3.8, 4) is 0 Å². The van der Waals surface area contributed by atoms with E-state index in [1.165, 1.54) is 15.8 Å². The Balaban J connectivity index is 0.000000605. The second-order valence-electron chi connectivity index (χ2n) is 2.43. The quantitative estimate of drug-likeness (QED) is 0.750. The highest BCUT2D eigenvalue weighted by molar-refractivity contribution is 9.11. The van der Waals surface area contributed by atoms with Crippen molar-refractivity contribution in [3.05, 3.63) is 20.3 Å².